The molecule has 1 amide bonds. The van der Waals surface area contributed by atoms with E-state index in [1.807, 2.05) is 6.92 Å². The van der Waals surface area contributed by atoms with Crippen LogP contribution in [-0.2, 0) is 4.79 Å². The Bertz CT molecular complexity index is 295. The molecule has 2 rings (SSSR count). The van der Waals surface area contributed by atoms with Crippen LogP contribution in [0.1, 0.15) is 39.0 Å². The molecule has 0 aliphatic heterocycles. The van der Waals surface area contributed by atoms with Crippen molar-refractivity contribution < 1.29 is 4.79 Å². The molecule has 2 bridgehead atoms. The molecule has 5 heteroatoms. The molecule has 0 heterocycles. The van der Waals surface area contributed by atoms with Crippen molar-refractivity contribution in [2.45, 2.75) is 45.1 Å². The first-order valence-corrected chi connectivity index (χ1v) is 6.45. The molecule has 4 nitrogen and oxygen atoms in total. The quantitative estimate of drug-likeness (QED) is 0.500. The number of nitrogens with one attached hydrogen (secondary N) is 3. The molecule has 3 N–H and O–H groups in total. The number of carbonyl (C=O) groups is 1. The average Bonchev–Trinajstić information content (AvgIpc) is 2.87. The average molecular weight is 241 g/mol. The number of carbonyl (C=O) groups excluding carboxylic acids is 1. The van der Waals surface area contributed by atoms with Crippen molar-refractivity contribution in [3.8, 4) is 0 Å². The summed E-state index contributed by atoms with van der Waals surface area (Å²) in [5, 5.41) is 3.84. The molecular formula is C11H19N3OS. The van der Waals surface area contributed by atoms with Gasteiger partial charge in [-0.05, 0) is 43.3 Å². The van der Waals surface area contributed by atoms with Crippen LogP contribution in [0.2, 0.25) is 0 Å². The zero-order valence-electron chi connectivity index (χ0n) is 9.58. The summed E-state index contributed by atoms with van der Waals surface area (Å²) < 4.78 is 0. The van der Waals surface area contributed by atoms with Gasteiger partial charge in [-0.3, -0.25) is 15.6 Å². The van der Waals surface area contributed by atoms with E-state index in [1.54, 1.807) is 0 Å². The van der Waals surface area contributed by atoms with Crippen LogP contribution >= 0.6 is 12.2 Å². The second-order valence-electron chi connectivity index (χ2n) is 4.78. The number of thiocarbonyl (C=S) groups is 1. The molecule has 2 aliphatic carbocycles. The van der Waals surface area contributed by atoms with Crippen LogP contribution in [0.3, 0.4) is 0 Å². The summed E-state index contributed by atoms with van der Waals surface area (Å²) in [5.74, 6) is 1.64. The number of hydrogen-bond donors (Lipinski definition) is 3. The van der Waals surface area contributed by atoms with E-state index in [0.29, 0.717) is 17.6 Å². The van der Waals surface area contributed by atoms with E-state index in [0.717, 1.165) is 11.8 Å². The Kier molecular flexibility index (Phi) is 3.63. The molecule has 2 aliphatic rings. The van der Waals surface area contributed by atoms with Crippen LogP contribution < -0.4 is 16.2 Å². The minimum atomic E-state index is -0.0444. The molecule has 0 aromatic heterocycles. The smallest absolute Gasteiger partial charge is 0.238 e. The topological polar surface area (TPSA) is 53.2 Å². The zero-order chi connectivity index (χ0) is 11.5. The van der Waals surface area contributed by atoms with Gasteiger partial charge in [0.15, 0.2) is 5.11 Å². The second-order valence-corrected chi connectivity index (χ2v) is 5.19. The predicted octanol–water partition coefficient (Wildman–Crippen LogP) is 1.08. The van der Waals surface area contributed by atoms with Crippen LogP contribution in [0, 0.1) is 11.8 Å². The van der Waals surface area contributed by atoms with Crippen LogP contribution in [0.4, 0.5) is 0 Å². The van der Waals surface area contributed by atoms with E-state index < -0.39 is 0 Å². The normalized spacial score (nSPS) is 31.2. The maximum atomic E-state index is 11.0. The Morgan fingerprint density at radius 3 is 2.69 bits per heavy atom. The summed E-state index contributed by atoms with van der Waals surface area (Å²) >= 11 is 5.14. The van der Waals surface area contributed by atoms with Gasteiger partial charge in [0, 0.05) is 12.5 Å². The van der Waals surface area contributed by atoms with Crippen LogP contribution in [0.25, 0.3) is 0 Å². The number of hydrogen-bond acceptors (Lipinski definition) is 2. The van der Waals surface area contributed by atoms with Crippen LogP contribution in [0.15, 0.2) is 0 Å². The highest BCUT2D eigenvalue weighted by molar-refractivity contribution is 7.80. The maximum Gasteiger partial charge on any atom is 0.238 e. The van der Waals surface area contributed by atoms with Crippen molar-refractivity contribution in [2.75, 3.05) is 0 Å². The van der Waals surface area contributed by atoms with Gasteiger partial charge in [-0.15, -0.1) is 0 Å². The fraction of sp³-hybridized carbons (Fsp3) is 0.818. The molecule has 0 aromatic carbocycles. The molecule has 16 heavy (non-hydrogen) atoms. The van der Waals surface area contributed by atoms with Gasteiger partial charge in [-0.2, -0.15) is 0 Å². The van der Waals surface area contributed by atoms with Gasteiger partial charge in [0.1, 0.15) is 0 Å². The van der Waals surface area contributed by atoms with Gasteiger partial charge < -0.3 is 5.32 Å². The lowest BCUT2D eigenvalue weighted by Crippen LogP contribution is -2.50. The number of rotatable bonds is 2. The van der Waals surface area contributed by atoms with E-state index >= 15 is 0 Å². The Balaban J connectivity index is 1.69. The molecule has 0 radical (unpaired) electrons. The maximum absolute atomic E-state index is 11.0. The first kappa shape index (κ1) is 11.6. The fourth-order valence-corrected chi connectivity index (χ4v) is 3.04. The van der Waals surface area contributed by atoms with Crippen molar-refractivity contribution in [1.82, 2.24) is 16.2 Å². The first-order valence-electron chi connectivity index (χ1n) is 6.04. The Morgan fingerprint density at radius 2 is 2.12 bits per heavy atom. The molecule has 0 aromatic rings. The number of fused-ring (bicyclic) bond motifs is 2. The van der Waals surface area contributed by atoms with Crippen LogP contribution in [-0.4, -0.2) is 17.1 Å². The molecule has 90 valence electrons. The Morgan fingerprint density at radius 1 is 1.31 bits per heavy atom. The van der Waals surface area contributed by atoms with Gasteiger partial charge in [0.2, 0.25) is 5.91 Å². The molecule has 0 saturated heterocycles. The molecule has 0 unspecified atom stereocenters. The summed E-state index contributed by atoms with van der Waals surface area (Å²) in [6.07, 6.45) is 5.75. The highest BCUT2D eigenvalue weighted by atomic mass is 32.1. The van der Waals surface area contributed by atoms with Gasteiger partial charge in [-0.25, -0.2) is 0 Å². The van der Waals surface area contributed by atoms with Gasteiger partial charge >= 0.3 is 0 Å². The summed E-state index contributed by atoms with van der Waals surface area (Å²) in [5.41, 5.74) is 5.30. The molecule has 2 fully saturated rings. The van der Waals surface area contributed by atoms with Crippen molar-refractivity contribution in [3.63, 3.8) is 0 Å². The largest absolute Gasteiger partial charge is 0.358 e. The summed E-state index contributed by atoms with van der Waals surface area (Å²) in [7, 11) is 0. The van der Waals surface area contributed by atoms with E-state index in [2.05, 4.69) is 16.2 Å². The highest BCUT2D eigenvalue weighted by Gasteiger charge is 2.39. The van der Waals surface area contributed by atoms with Gasteiger partial charge in [0.25, 0.3) is 0 Å². The molecule has 0 spiro atoms. The van der Waals surface area contributed by atoms with E-state index in [9.17, 15) is 4.79 Å². The highest BCUT2D eigenvalue weighted by Crippen LogP contribution is 2.44. The zero-order valence-corrected chi connectivity index (χ0v) is 10.4. The summed E-state index contributed by atoms with van der Waals surface area (Å²) in [6.45, 7) is 1.81. The van der Waals surface area contributed by atoms with E-state index in [4.69, 9.17) is 12.2 Å². The molecule has 2 saturated carbocycles. The van der Waals surface area contributed by atoms with Crippen molar-refractivity contribution in [1.29, 1.82) is 0 Å². The Hall–Kier alpha value is -0.840. The minimum absolute atomic E-state index is 0.0444. The lowest BCUT2D eigenvalue weighted by Gasteiger charge is -2.24. The third-order valence-corrected chi connectivity index (χ3v) is 3.91. The van der Waals surface area contributed by atoms with Crippen molar-refractivity contribution in [2.24, 2.45) is 11.8 Å². The fourth-order valence-electron chi connectivity index (χ4n) is 2.84. The number of hydrazine groups is 1. The Labute approximate surface area is 102 Å². The number of amides is 1. The van der Waals surface area contributed by atoms with E-state index in [-0.39, 0.29) is 5.91 Å². The molecular weight excluding hydrogens is 222 g/mol. The molecule has 3 atom stereocenters. The third kappa shape index (κ3) is 2.64. The lowest BCUT2D eigenvalue weighted by molar-refractivity contribution is -0.121. The van der Waals surface area contributed by atoms with Crippen molar-refractivity contribution in [3.05, 3.63) is 0 Å². The first-order chi connectivity index (χ1) is 7.69. The monoisotopic (exact) mass is 241 g/mol. The van der Waals surface area contributed by atoms with E-state index in [1.165, 1.54) is 25.7 Å². The van der Waals surface area contributed by atoms with Gasteiger partial charge in [0.05, 0.1) is 0 Å². The van der Waals surface area contributed by atoms with Gasteiger partial charge in [-0.1, -0.05) is 13.3 Å². The second kappa shape index (κ2) is 4.99. The lowest BCUT2D eigenvalue weighted by atomic mass is 9.96. The van der Waals surface area contributed by atoms with Crippen LogP contribution in [0.5, 0.6) is 0 Å². The standard InChI is InChI=1S/C11H19N3OS/c1-2-10(15)13-14-11(16)12-9-6-7-3-4-8(9)5-7/h7-9H,2-6H2,1H3,(H,13,15)(H2,12,14,16)/t7-,8-,9-/m0/s1. The minimum Gasteiger partial charge on any atom is -0.358 e. The van der Waals surface area contributed by atoms with Crippen molar-refractivity contribution >= 4 is 23.2 Å². The predicted molar refractivity (Wildman–Crippen MR) is 66.5 cm³/mol. The SMILES string of the molecule is CCC(=O)NNC(=S)N[C@H]1C[C@H]2CC[C@H]1C2. The summed E-state index contributed by atoms with van der Waals surface area (Å²) in [4.78, 5) is 11.0. The third-order valence-electron chi connectivity index (χ3n) is 3.69. The summed E-state index contributed by atoms with van der Waals surface area (Å²) in [6, 6.07) is 0.511.